The Bertz CT molecular complexity index is 475. The Morgan fingerprint density at radius 2 is 2.04 bits per heavy atom. The van der Waals surface area contributed by atoms with Crippen LogP contribution < -0.4 is 15.4 Å². The first-order valence-corrected chi connectivity index (χ1v) is 8.88. The zero-order valence-electron chi connectivity index (χ0n) is 15.6. The van der Waals surface area contributed by atoms with Crippen molar-refractivity contribution in [3.05, 3.63) is 29.8 Å². The van der Waals surface area contributed by atoms with Crippen molar-refractivity contribution in [2.75, 3.05) is 33.4 Å². The molecule has 0 bridgehead atoms. The third-order valence-electron chi connectivity index (χ3n) is 3.44. The summed E-state index contributed by atoms with van der Waals surface area (Å²) < 4.78 is 10.8. The molecule has 1 aromatic rings. The van der Waals surface area contributed by atoms with Gasteiger partial charge in [0.05, 0.1) is 13.2 Å². The third-order valence-corrected chi connectivity index (χ3v) is 3.44. The Morgan fingerprint density at radius 3 is 2.75 bits per heavy atom. The molecule has 1 aromatic carbocycles. The van der Waals surface area contributed by atoms with E-state index in [9.17, 15) is 0 Å². The average Bonchev–Trinajstić information content (AvgIpc) is 2.57. The molecule has 5 heteroatoms. The minimum atomic E-state index is 0.631. The molecule has 0 radical (unpaired) electrons. The van der Waals surface area contributed by atoms with Crippen LogP contribution in [0.3, 0.4) is 0 Å². The summed E-state index contributed by atoms with van der Waals surface area (Å²) in [6, 6.07) is 8.11. The first-order valence-electron chi connectivity index (χ1n) is 8.88. The van der Waals surface area contributed by atoms with Gasteiger partial charge in [0.15, 0.2) is 5.96 Å². The summed E-state index contributed by atoms with van der Waals surface area (Å²) in [5.41, 5.74) is 1.14. The zero-order valence-corrected chi connectivity index (χ0v) is 15.6. The van der Waals surface area contributed by atoms with Gasteiger partial charge in [0, 0.05) is 33.2 Å². The lowest BCUT2D eigenvalue weighted by atomic mass is 10.1. The first-order chi connectivity index (χ1) is 11.7. The summed E-state index contributed by atoms with van der Waals surface area (Å²) in [5.74, 6) is 2.44. The molecule has 0 saturated carbocycles. The first kappa shape index (κ1) is 20.3. The van der Waals surface area contributed by atoms with Crippen molar-refractivity contribution in [2.45, 2.75) is 40.2 Å². The number of nitrogens with zero attached hydrogens (tertiary/aromatic N) is 1. The number of ether oxygens (including phenoxy) is 2. The molecule has 0 heterocycles. The molecule has 0 aliphatic carbocycles. The zero-order chi connectivity index (χ0) is 17.6. The highest BCUT2D eigenvalue weighted by Gasteiger charge is 2.00. The molecule has 0 aromatic heterocycles. The predicted octanol–water partition coefficient (Wildman–Crippen LogP) is 3.20. The summed E-state index contributed by atoms with van der Waals surface area (Å²) in [5, 5.41) is 6.66. The maximum Gasteiger partial charge on any atom is 0.191 e. The van der Waals surface area contributed by atoms with Crippen molar-refractivity contribution in [2.24, 2.45) is 10.9 Å². The number of hydrogen-bond donors (Lipinski definition) is 2. The summed E-state index contributed by atoms with van der Waals surface area (Å²) >= 11 is 0. The molecule has 0 spiro atoms. The molecular weight excluding hydrogens is 302 g/mol. The molecule has 0 aliphatic heterocycles. The van der Waals surface area contributed by atoms with Crippen molar-refractivity contribution in [1.82, 2.24) is 10.6 Å². The molecule has 136 valence electrons. The molecule has 2 N–H and O–H groups in total. The van der Waals surface area contributed by atoms with Gasteiger partial charge in [-0.15, -0.1) is 0 Å². The van der Waals surface area contributed by atoms with Crippen LogP contribution in [0.5, 0.6) is 5.75 Å². The highest BCUT2D eigenvalue weighted by Crippen LogP contribution is 2.14. The number of aliphatic imine (C=N–C) groups is 1. The maximum absolute atomic E-state index is 5.73. The van der Waals surface area contributed by atoms with E-state index in [2.05, 4.69) is 42.5 Å². The van der Waals surface area contributed by atoms with Crippen LogP contribution in [0.2, 0.25) is 0 Å². The molecule has 24 heavy (non-hydrogen) atoms. The molecule has 1 rings (SSSR count). The molecule has 0 unspecified atom stereocenters. The van der Waals surface area contributed by atoms with E-state index in [-0.39, 0.29) is 0 Å². The van der Waals surface area contributed by atoms with Crippen LogP contribution in [0.15, 0.2) is 29.3 Å². The lowest BCUT2D eigenvalue weighted by Crippen LogP contribution is -2.38. The predicted molar refractivity (Wildman–Crippen MR) is 101 cm³/mol. The van der Waals surface area contributed by atoms with Gasteiger partial charge in [-0.25, -0.2) is 4.99 Å². The molecule has 0 fully saturated rings. The highest BCUT2D eigenvalue weighted by atomic mass is 16.5. The Labute approximate surface area is 146 Å². The van der Waals surface area contributed by atoms with E-state index in [0.29, 0.717) is 19.1 Å². The second-order valence-electron chi connectivity index (χ2n) is 6.15. The Morgan fingerprint density at radius 1 is 1.21 bits per heavy atom. The highest BCUT2D eigenvalue weighted by molar-refractivity contribution is 5.79. The number of methoxy groups -OCH3 is 1. The normalized spacial score (nSPS) is 11.6. The van der Waals surface area contributed by atoms with Crippen LogP contribution in [0.25, 0.3) is 0 Å². The van der Waals surface area contributed by atoms with Crippen LogP contribution in [-0.2, 0) is 11.3 Å². The smallest absolute Gasteiger partial charge is 0.191 e. The van der Waals surface area contributed by atoms with E-state index < -0.39 is 0 Å². The standard InChI is InChI=1S/C19H33N3O2/c1-5-20-19(21-11-10-16(2)3)22-15-17-8-6-9-18(14-17)24-13-7-12-23-4/h6,8-9,14,16H,5,7,10-13,15H2,1-4H3,(H2,20,21,22). The van der Waals surface area contributed by atoms with Crippen molar-refractivity contribution >= 4 is 5.96 Å². The van der Waals surface area contributed by atoms with Gasteiger partial charge in [-0.2, -0.15) is 0 Å². The molecule has 0 atom stereocenters. The van der Waals surface area contributed by atoms with Crippen LogP contribution in [0.4, 0.5) is 0 Å². The van der Waals surface area contributed by atoms with Crippen LogP contribution in [0.1, 0.15) is 39.2 Å². The largest absolute Gasteiger partial charge is 0.493 e. The van der Waals surface area contributed by atoms with Crippen LogP contribution >= 0.6 is 0 Å². The van der Waals surface area contributed by atoms with E-state index in [1.807, 2.05) is 18.2 Å². The van der Waals surface area contributed by atoms with E-state index in [4.69, 9.17) is 9.47 Å². The Kier molecular flexibility index (Phi) is 10.7. The lowest BCUT2D eigenvalue weighted by Gasteiger charge is -2.12. The van der Waals surface area contributed by atoms with Gasteiger partial charge in [-0.3, -0.25) is 0 Å². The maximum atomic E-state index is 5.73. The number of guanidine groups is 1. The third kappa shape index (κ3) is 9.40. The van der Waals surface area contributed by atoms with Gasteiger partial charge in [0.25, 0.3) is 0 Å². The minimum Gasteiger partial charge on any atom is -0.493 e. The summed E-state index contributed by atoms with van der Waals surface area (Å²) in [4.78, 5) is 4.65. The van der Waals surface area contributed by atoms with Gasteiger partial charge in [0.2, 0.25) is 0 Å². The van der Waals surface area contributed by atoms with E-state index in [0.717, 1.165) is 49.8 Å². The van der Waals surface area contributed by atoms with E-state index in [1.54, 1.807) is 7.11 Å². The summed E-state index contributed by atoms with van der Waals surface area (Å²) in [7, 11) is 1.70. The van der Waals surface area contributed by atoms with Crippen molar-refractivity contribution in [3.63, 3.8) is 0 Å². The SMILES string of the molecule is CCNC(=NCc1cccc(OCCCOC)c1)NCCC(C)C. The quantitative estimate of drug-likeness (QED) is 0.370. The Hall–Kier alpha value is -1.75. The summed E-state index contributed by atoms with van der Waals surface area (Å²) in [6.07, 6.45) is 2.03. The van der Waals surface area contributed by atoms with Gasteiger partial charge in [0.1, 0.15) is 5.75 Å². The fraction of sp³-hybridized carbons (Fsp3) is 0.632. The van der Waals surface area contributed by atoms with E-state index >= 15 is 0 Å². The molecular formula is C19H33N3O2. The average molecular weight is 335 g/mol. The van der Waals surface area contributed by atoms with Gasteiger partial charge in [-0.05, 0) is 37.0 Å². The molecule has 0 amide bonds. The van der Waals surface area contributed by atoms with Crippen LogP contribution in [0, 0.1) is 5.92 Å². The second-order valence-corrected chi connectivity index (χ2v) is 6.15. The topological polar surface area (TPSA) is 54.9 Å². The van der Waals surface area contributed by atoms with Gasteiger partial charge in [-0.1, -0.05) is 26.0 Å². The number of benzene rings is 1. The lowest BCUT2D eigenvalue weighted by molar-refractivity contribution is 0.172. The number of hydrogen-bond acceptors (Lipinski definition) is 3. The van der Waals surface area contributed by atoms with Crippen LogP contribution in [-0.4, -0.2) is 39.4 Å². The van der Waals surface area contributed by atoms with Crippen molar-refractivity contribution in [1.29, 1.82) is 0 Å². The van der Waals surface area contributed by atoms with Crippen molar-refractivity contribution in [3.8, 4) is 5.75 Å². The Balaban J connectivity index is 2.51. The van der Waals surface area contributed by atoms with Crippen molar-refractivity contribution < 1.29 is 9.47 Å². The number of rotatable bonds is 11. The second kappa shape index (κ2) is 12.6. The summed E-state index contributed by atoms with van der Waals surface area (Å²) in [6.45, 7) is 10.3. The molecule has 0 saturated heterocycles. The van der Waals surface area contributed by atoms with Gasteiger partial charge < -0.3 is 20.1 Å². The monoisotopic (exact) mass is 335 g/mol. The van der Waals surface area contributed by atoms with E-state index in [1.165, 1.54) is 0 Å². The number of nitrogens with one attached hydrogen (secondary N) is 2. The minimum absolute atomic E-state index is 0.631. The molecule has 5 nitrogen and oxygen atoms in total. The fourth-order valence-electron chi connectivity index (χ4n) is 2.12. The van der Waals surface area contributed by atoms with Gasteiger partial charge >= 0.3 is 0 Å². The molecule has 0 aliphatic rings. The fourth-order valence-corrected chi connectivity index (χ4v) is 2.12.